The molecule has 0 radical (unpaired) electrons. The number of nitrogens with one attached hydrogen (secondary N) is 2. The summed E-state index contributed by atoms with van der Waals surface area (Å²) >= 11 is 0. The first-order valence-corrected chi connectivity index (χ1v) is 9.78. The molecule has 156 valence electrons. The van der Waals surface area contributed by atoms with Crippen LogP contribution in [-0.4, -0.2) is 62.1 Å². The first-order chi connectivity index (χ1) is 14.6. The first-order valence-electron chi connectivity index (χ1n) is 9.78. The molecule has 4 rings (SSSR count). The summed E-state index contributed by atoms with van der Waals surface area (Å²) in [5, 5.41) is 5.88. The summed E-state index contributed by atoms with van der Waals surface area (Å²) in [5.41, 5.74) is 6.29. The van der Waals surface area contributed by atoms with Gasteiger partial charge in [0.1, 0.15) is 11.3 Å². The zero-order valence-corrected chi connectivity index (χ0v) is 16.4. The molecule has 30 heavy (non-hydrogen) atoms. The predicted molar refractivity (Wildman–Crippen MR) is 110 cm³/mol. The maximum Gasteiger partial charge on any atom is 0.315 e. The minimum absolute atomic E-state index is 0.0630. The average molecular weight is 409 g/mol. The SMILES string of the molecule is NC(=O)c1ncc2ncn(CCNC(=O)NC3CCN(c4ccccn4)CC3)c2n1. The van der Waals surface area contributed by atoms with E-state index in [0.717, 1.165) is 31.7 Å². The van der Waals surface area contributed by atoms with Gasteiger partial charge in [-0.3, -0.25) is 4.79 Å². The van der Waals surface area contributed by atoms with E-state index in [1.54, 1.807) is 17.1 Å². The van der Waals surface area contributed by atoms with Crippen LogP contribution >= 0.6 is 0 Å². The van der Waals surface area contributed by atoms with E-state index in [0.29, 0.717) is 24.3 Å². The molecule has 0 unspecified atom stereocenters. The molecular weight excluding hydrogens is 386 g/mol. The smallest absolute Gasteiger partial charge is 0.315 e. The number of fused-ring (bicyclic) bond motifs is 1. The molecule has 0 bridgehead atoms. The van der Waals surface area contributed by atoms with Gasteiger partial charge in [0.05, 0.1) is 12.5 Å². The Morgan fingerprint density at radius 2 is 2.00 bits per heavy atom. The number of rotatable bonds is 6. The van der Waals surface area contributed by atoms with Crippen molar-refractivity contribution in [3.8, 4) is 0 Å². The monoisotopic (exact) mass is 409 g/mol. The molecule has 0 aliphatic carbocycles. The second kappa shape index (κ2) is 8.72. The number of amides is 3. The summed E-state index contributed by atoms with van der Waals surface area (Å²) < 4.78 is 1.75. The summed E-state index contributed by atoms with van der Waals surface area (Å²) in [5.74, 6) is 0.208. The maximum atomic E-state index is 12.2. The molecule has 4 heterocycles. The quantitative estimate of drug-likeness (QED) is 0.531. The number of urea groups is 1. The van der Waals surface area contributed by atoms with E-state index in [2.05, 4.69) is 35.5 Å². The van der Waals surface area contributed by atoms with E-state index in [-0.39, 0.29) is 17.9 Å². The Morgan fingerprint density at radius 3 is 2.73 bits per heavy atom. The third-order valence-corrected chi connectivity index (χ3v) is 5.02. The van der Waals surface area contributed by atoms with Gasteiger partial charge in [-0.15, -0.1) is 0 Å². The van der Waals surface area contributed by atoms with Gasteiger partial charge in [0.2, 0.25) is 5.82 Å². The fraction of sp³-hybridized carbons (Fsp3) is 0.368. The molecule has 0 aromatic carbocycles. The number of hydrogen-bond acceptors (Lipinski definition) is 7. The molecule has 4 N–H and O–H groups in total. The van der Waals surface area contributed by atoms with Gasteiger partial charge in [0, 0.05) is 38.4 Å². The van der Waals surface area contributed by atoms with Gasteiger partial charge >= 0.3 is 6.03 Å². The number of pyridine rings is 1. The molecule has 0 saturated carbocycles. The summed E-state index contributed by atoms with van der Waals surface area (Å²) in [7, 11) is 0. The second-order valence-electron chi connectivity index (χ2n) is 7.05. The zero-order chi connectivity index (χ0) is 20.9. The van der Waals surface area contributed by atoms with Crippen LogP contribution in [0.1, 0.15) is 23.5 Å². The number of aromatic nitrogens is 5. The number of piperidine rings is 1. The number of carbonyl (C=O) groups excluding carboxylic acids is 2. The molecule has 3 aromatic heterocycles. The van der Waals surface area contributed by atoms with Crippen molar-refractivity contribution in [3.63, 3.8) is 0 Å². The number of nitrogens with zero attached hydrogens (tertiary/aromatic N) is 6. The molecule has 3 amide bonds. The third-order valence-electron chi connectivity index (χ3n) is 5.02. The largest absolute Gasteiger partial charge is 0.363 e. The van der Waals surface area contributed by atoms with Crippen LogP contribution in [0.4, 0.5) is 10.6 Å². The van der Waals surface area contributed by atoms with Crippen LogP contribution in [0.15, 0.2) is 36.9 Å². The third kappa shape index (κ3) is 4.45. The van der Waals surface area contributed by atoms with Gasteiger partial charge in [-0.25, -0.2) is 24.7 Å². The second-order valence-corrected chi connectivity index (χ2v) is 7.05. The van der Waals surface area contributed by atoms with E-state index in [9.17, 15) is 9.59 Å². The van der Waals surface area contributed by atoms with E-state index < -0.39 is 5.91 Å². The van der Waals surface area contributed by atoms with Crippen LogP contribution in [-0.2, 0) is 6.54 Å². The highest BCUT2D eigenvalue weighted by Gasteiger charge is 2.21. The fourth-order valence-electron chi connectivity index (χ4n) is 3.46. The molecule has 11 heteroatoms. The van der Waals surface area contributed by atoms with Crippen molar-refractivity contribution in [2.75, 3.05) is 24.5 Å². The Hall–Kier alpha value is -3.76. The number of anilines is 1. The summed E-state index contributed by atoms with van der Waals surface area (Å²) in [6, 6.07) is 5.80. The van der Waals surface area contributed by atoms with E-state index in [1.165, 1.54) is 6.20 Å². The summed E-state index contributed by atoms with van der Waals surface area (Å²) in [6.45, 7) is 2.55. The minimum Gasteiger partial charge on any atom is -0.363 e. The lowest BCUT2D eigenvalue weighted by molar-refractivity contribution is 0.0990. The van der Waals surface area contributed by atoms with Crippen molar-refractivity contribution in [2.24, 2.45) is 5.73 Å². The normalized spacial score (nSPS) is 14.6. The van der Waals surface area contributed by atoms with Gasteiger partial charge in [-0.2, -0.15) is 0 Å². The lowest BCUT2D eigenvalue weighted by atomic mass is 10.1. The maximum absolute atomic E-state index is 12.2. The molecule has 0 spiro atoms. The topological polar surface area (TPSA) is 144 Å². The first kappa shape index (κ1) is 19.6. The average Bonchev–Trinajstić information content (AvgIpc) is 3.17. The van der Waals surface area contributed by atoms with E-state index >= 15 is 0 Å². The van der Waals surface area contributed by atoms with Crippen molar-refractivity contribution >= 4 is 28.9 Å². The van der Waals surface area contributed by atoms with Gasteiger partial charge in [0.15, 0.2) is 5.65 Å². The fourth-order valence-corrected chi connectivity index (χ4v) is 3.46. The Labute approximate surface area is 172 Å². The number of carbonyl (C=O) groups is 2. The zero-order valence-electron chi connectivity index (χ0n) is 16.4. The van der Waals surface area contributed by atoms with Gasteiger partial charge in [-0.1, -0.05) is 6.07 Å². The van der Waals surface area contributed by atoms with Crippen molar-refractivity contribution in [1.29, 1.82) is 0 Å². The number of imidazole rings is 1. The molecule has 1 fully saturated rings. The molecule has 1 saturated heterocycles. The van der Waals surface area contributed by atoms with Crippen molar-refractivity contribution < 1.29 is 9.59 Å². The van der Waals surface area contributed by atoms with Crippen LogP contribution < -0.4 is 21.3 Å². The number of primary amides is 1. The molecular formula is C19H23N9O2. The lowest BCUT2D eigenvalue weighted by Gasteiger charge is -2.33. The Balaban J connectivity index is 1.24. The van der Waals surface area contributed by atoms with Crippen molar-refractivity contribution in [2.45, 2.75) is 25.4 Å². The number of nitrogens with two attached hydrogens (primary N) is 1. The molecule has 0 atom stereocenters. The molecule has 3 aromatic rings. The molecule has 1 aliphatic rings. The van der Waals surface area contributed by atoms with Crippen LogP contribution in [0.2, 0.25) is 0 Å². The van der Waals surface area contributed by atoms with Crippen molar-refractivity contribution in [1.82, 2.24) is 35.1 Å². The standard InChI is InChI=1S/C19H23N9O2/c20-16(29)17-23-11-14-18(26-17)28(12-24-14)10-7-22-19(30)25-13-4-8-27(9-5-13)15-3-1-2-6-21-15/h1-3,6,11-13H,4-5,7-10H2,(H2,20,29)(H2,22,25,30). The number of hydrogen-bond donors (Lipinski definition) is 3. The molecule has 11 nitrogen and oxygen atoms in total. The van der Waals surface area contributed by atoms with Crippen LogP contribution in [0.25, 0.3) is 11.2 Å². The lowest BCUT2D eigenvalue weighted by Crippen LogP contribution is -2.48. The predicted octanol–water partition coefficient (Wildman–Crippen LogP) is 0.288. The van der Waals surface area contributed by atoms with Crippen LogP contribution in [0.5, 0.6) is 0 Å². The summed E-state index contributed by atoms with van der Waals surface area (Å²) in [6.07, 6.45) is 6.57. The van der Waals surface area contributed by atoms with E-state index in [4.69, 9.17) is 5.73 Å². The van der Waals surface area contributed by atoms with Crippen molar-refractivity contribution in [3.05, 3.63) is 42.7 Å². The Bertz CT molecular complexity index is 1030. The Morgan fingerprint density at radius 1 is 1.17 bits per heavy atom. The van der Waals surface area contributed by atoms with Gasteiger partial charge in [0.25, 0.3) is 5.91 Å². The van der Waals surface area contributed by atoms with E-state index in [1.807, 2.05) is 18.2 Å². The van der Waals surface area contributed by atoms with Crippen LogP contribution in [0.3, 0.4) is 0 Å². The van der Waals surface area contributed by atoms with Gasteiger partial charge < -0.3 is 25.8 Å². The summed E-state index contributed by atoms with van der Waals surface area (Å²) in [4.78, 5) is 42.3. The van der Waals surface area contributed by atoms with Gasteiger partial charge in [-0.05, 0) is 25.0 Å². The van der Waals surface area contributed by atoms with Crippen LogP contribution in [0, 0.1) is 0 Å². The highest BCUT2D eigenvalue weighted by molar-refractivity contribution is 5.90. The molecule has 1 aliphatic heterocycles. The highest BCUT2D eigenvalue weighted by atomic mass is 16.2. The Kier molecular flexibility index (Phi) is 5.68. The highest BCUT2D eigenvalue weighted by Crippen LogP contribution is 2.17. The minimum atomic E-state index is -0.698.